The number of ketones is 2. The largest absolute Gasteiger partial charge is 0.508 e. The monoisotopic (exact) mass is 549 g/mol. The number of aromatic hydroxyl groups is 1. The second kappa shape index (κ2) is 9.43. The lowest BCUT2D eigenvalue weighted by molar-refractivity contribution is -0.153. The number of likely N-dealkylation sites (N-methyl/N-ethyl adjacent to an activating group) is 1. The van der Waals surface area contributed by atoms with Gasteiger partial charge in [0, 0.05) is 29.5 Å². The van der Waals surface area contributed by atoms with Crippen molar-refractivity contribution in [3.63, 3.8) is 0 Å². The molecule has 1 fully saturated rings. The molecular weight excluding hydrogens is 514 g/mol. The first-order valence-corrected chi connectivity index (χ1v) is 13.3. The Hall–Kier alpha value is -3.73. The number of nitrogens with two attached hydrogens (primary N) is 1. The molecule has 2 aromatic rings. The number of nitrogens with zero attached hydrogens (tertiary/aromatic N) is 2. The van der Waals surface area contributed by atoms with Crippen LogP contribution in [-0.2, 0) is 27.3 Å². The number of carbonyl (C=O) groups excluding carboxylic acids is 3. The normalized spacial score (nSPS) is 26.6. The van der Waals surface area contributed by atoms with E-state index in [1.54, 1.807) is 14.1 Å². The summed E-state index contributed by atoms with van der Waals surface area (Å²) in [6.07, 6.45) is 0.320. The average Bonchev–Trinajstić information content (AvgIpc) is 2.86. The molecule has 5 rings (SSSR count). The molecule has 212 valence electrons. The van der Waals surface area contributed by atoms with Crippen molar-refractivity contribution in [2.45, 2.75) is 50.9 Å². The lowest BCUT2D eigenvalue weighted by Crippen LogP contribution is -2.65. The number of rotatable bonds is 5. The van der Waals surface area contributed by atoms with Gasteiger partial charge in [-0.2, -0.15) is 0 Å². The van der Waals surface area contributed by atoms with Gasteiger partial charge in [-0.05, 0) is 76.3 Å². The predicted molar refractivity (Wildman–Crippen MR) is 148 cm³/mol. The summed E-state index contributed by atoms with van der Waals surface area (Å²) in [7, 11) is 5.15. The van der Waals surface area contributed by atoms with Gasteiger partial charge in [-0.3, -0.25) is 24.2 Å². The number of fused-ring (bicyclic) bond motifs is 4. The van der Waals surface area contributed by atoms with E-state index in [9.17, 15) is 34.8 Å². The van der Waals surface area contributed by atoms with E-state index in [4.69, 9.17) is 5.73 Å². The van der Waals surface area contributed by atoms with Gasteiger partial charge in [0.25, 0.3) is 5.91 Å². The number of Topliss-reactive ketones (excluding diaryl/α,β-unsaturated/α-hetero) is 2. The first-order chi connectivity index (χ1) is 18.7. The molecule has 40 heavy (non-hydrogen) atoms. The van der Waals surface area contributed by atoms with E-state index in [0.29, 0.717) is 23.5 Å². The molecule has 1 saturated carbocycles. The highest BCUT2D eigenvalue weighted by molar-refractivity contribution is 6.24. The maximum Gasteiger partial charge on any atom is 0.255 e. The summed E-state index contributed by atoms with van der Waals surface area (Å²) >= 11 is 0. The van der Waals surface area contributed by atoms with Gasteiger partial charge in [-0.25, -0.2) is 0 Å². The van der Waals surface area contributed by atoms with Crippen molar-refractivity contribution in [2.24, 2.45) is 17.6 Å². The summed E-state index contributed by atoms with van der Waals surface area (Å²) in [4.78, 5) is 42.9. The fourth-order valence-electron chi connectivity index (χ4n) is 6.63. The summed E-state index contributed by atoms with van der Waals surface area (Å²) in [5.74, 6) is -6.50. The molecule has 0 unspecified atom stereocenters. The molecule has 10 nitrogen and oxygen atoms in total. The quantitative estimate of drug-likeness (QED) is 0.351. The standard InChI is InChI=1S/C30H35N3O7/c1-13(2)33(5)12-14-6-7-15-9-16-10-17-11-19-23(32(3)4)26(36)22(29(31)39)28(38)30(19,40)27(37)21(17)25(35)20(16)24(34)18(15)8-14/h6-9,13,17,19,23,34-35,38,40H,10-12H2,1-5H3,(H2,31,39)/t17-,19-,23-,30-/m0/s1. The molecule has 1 amide bonds. The maximum atomic E-state index is 14.0. The highest BCUT2D eigenvalue weighted by Gasteiger charge is 2.64. The van der Waals surface area contributed by atoms with Crippen molar-refractivity contribution in [3.8, 4) is 5.75 Å². The number of benzene rings is 2. The minimum absolute atomic E-state index is 0.0606. The van der Waals surface area contributed by atoms with Gasteiger partial charge < -0.3 is 26.2 Å². The smallest absolute Gasteiger partial charge is 0.255 e. The SMILES string of the molecule is CC(C)N(C)Cc1ccc2cc3c(c(O)c2c1)C(O)=C1C(=O)[C@]2(O)C(O)=C(C(N)=O)C(=O)[C@@H](N(C)C)[C@@H]2C[C@@H]1C3. The van der Waals surface area contributed by atoms with Crippen molar-refractivity contribution in [3.05, 3.63) is 57.9 Å². The topological polar surface area (TPSA) is 165 Å². The van der Waals surface area contributed by atoms with E-state index in [1.807, 2.05) is 31.3 Å². The van der Waals surface area contributed by atoms with Gasteiger partial charge in [0.15, 0.2) is 11.4 Å². The second-order valence-electron chi connectivity index (χ2n) is 11.8. The molecule has 3 aliphatic carbocycles. The van der Waals surface area contributed by atoms with Gasteiger partial charge in [-0.15, -0.1) is 0 Å². The fourth-order valence-corrected chi connectivity index (χ4v) is 6.63. The summed E-state index contributed by atoms with van der Waals surface area (Å²) in [6.45, 7) is 4.81. The van der Waals surface area contributed by atoms with E-state index >= 15 is 0 Å². The molecule has 0 heterocycles. The van der Waals surface area contributed by atoms with Crippen LogP contribution in [0.2, 0.25) is 0 Å². The minimum atomic E-state index is -2.65. The van der Waals surface area contributed by atoms with Crippen LogP contribution in [0.15, 0.2) is 41.2 Å². The number of hydrogen-bond acceptors (Lipinski definition) is 9. The number of phenolic OH excluding ortho intramolecular Hbond substituents is 1. The van der Waals surface area contributed by atoms with E-state index in [-0.39, 0.29) is 29.7 Å². The second-order valence-corrected chi connectivity index (χ2v) is 11.8. The van der Waals surface area contributed by atoms with Crippen LogP contribution in [0.25, 0.3) is 16.5 Å². The number of aliphatic hydroxyl groups excluding tert-OH is 2. The van der Waals surface area contributed by atoms with Crippen molar-refractivity contribution >= 4 is 34.0 Å². The summed E-state index contributed by atoms with van der Waals surface area (Å²) in [5, 5.41) is 46.8. The zero-order valence-corrected chi connectivity index (χ0v) is 23.2. The van der Waals surface area contributed by atoms with Crippen molar-refractivity contribution in [1.29, 1.82) is 0 Å². The number of amides is 1. The number of carbonyl (C=O) groups is 3. The molecule has 0 spiro atoms. The van der Waals surface area contributed by atoms with Crippen molar-refractivity contribution in [1.82, 2.24) is 9.80 Å². The van der Waals surface area contributed by atoms with Gasteiger partial charge in [0.1, 0.15) is 22.8 Å². The Morgan fingerprint density at radius 2 is 1.80 bits per heavy atom. The van der Waals surface area contributed by atoms with Gasteiger partial charge >= 0.3 is 0 Å². The van der Waals surface area contributed by atoms with Gasteiger partial charge in [-0.1, -0.05) is 18.2 Å². The predicted octanol–water partition coefficient (Wildman–Crippen LogP) is 1.96. The van der Waals surface area contributed by atoms with E-state index < -0.39 is 58.0 Å². The van der Waals surface area contributed by atoms with Crippen LogP contribution in [-0.4, -0.2) is 86.5 Å². The Kier molecular flexibility index (Phi) is 6.56. The van der Waals surface area contributed by atoms with Crippen molar-refractivity contribution in [2.75, 3.05) is 21.1 Å². The summed E-state index contributed by atoms with van der Waals surface area (Å²) < 4.78 is 0. The lowest BCUT2D eigenvalue weighted by Gasteiger charge is -2.50. The minimum Gasteiger partial charge on any atom is -0.508 e. The molecule has 3 aliphatic rings. The first-order valence-electron chi connectivity index (χ1n) is 13.3. The Labute approximate surface area is 232 Å². The van der Waals surface area contributed by atoms with E-state index in [2.05, 4.69) is 18.7 Å². The summed E-state index contributed by atoms with van der Waals surface area (Å²) in [6, 6.07) is 6.83. The maximum absolute atomic E-state index is 14.0. The third kappa shape index (κ3) is 3.85. The van der Waals surface area contributed by atoms with Crippen molar-refractivity contribution < 1.29 is 34.8 Å². The molecule has 10 heteroatoms. The first kappa shape index (κ1) is 27.8. The Morgan fingerprint density at radius 1 is 1.12 bits per heavy atom. The molecule has 0 saturated heterocycles. The fraction of sp³-hybridized carbons (Fsp3) is 0.433. The number of hydrogen-bond donors (Lipinski definition) is 5. The highest BCUT2D eigenvalue weighted by atomic mass is 16.3. The molecule has 4 atom stereocenters. The zero-order valence-electron chi connectivity index (χ0n) is 23.2. The zero-order chi connectivity index (χ0) is 29.4. The van der Waals surface area contributed by atoms with Gasteiger partial charge in [0.2, 0.25) is 5.78 Å². The molecule has 0 aliphatic heterocycles. The molecule has 0 aromatic heterocycles. The highest BCUT2D eigenvalue weighted by Crippen LogP contribution is 2.53. The number of phenols is 1. The average molecular weight is 550 g/mol. The number of aliphatic hydroxyl groups is 3. The van der Waals surface area contributed by atoms with Gasteiger partial charge in [0.05, 0.1) is 11.6 Å². The van der Waals surface area contributed by atoms with E-state index in [0.717, 1.165) is 10.9 Å². The third-order valence-corrected chi connectivity index (χ3v) is 8.90. The molecule has 0 radical (unpaired) electrons. The molecule has 6 N–H and O–H groups in total. The van der Waals surface area contributed by atoms with Crippen LogP contribution in [0.5, 0.6) is 5.75 Å². The Bertz CT molecular complexity index is 1540. The Balaban J connectivity index is 1.68. The molecule has 0 bridgehead atoms. The van der Waals surface area contributed by atoms with Crippen LogP contribution in [0.4, 0.5) is 0 Å². The van der Waals surface area contributed by atoms with Crippen LogP contribution in [0.1, 0.15) is 37.0 Å². The van der Waals surface area contributed by atoms with E-state index in [1.165, 1.54) is 4.90 Å². The van der Waals surface area contributed by atoms with Crippen LogP contribution in [0, 0.1) is 11.8 Å². The van der Waals surface area contributed by atoms with Crippen LogP contribution in [0.3, 0.4) is 0 Å². The Morgan fingerprint density at radius 3 is 2.40 bits per heavy atom. The molecule has 2 aromatic carbocycles. The lowest BCUT2D eigenvalue weighted by atomic mass is 9.57. The van der Waals surface area contributed by atoms with Crippen LogP contribution >= 0.6 is 0 Å². The van der Waals surface area contributed by atoms with Crippen LogP contribution < -0.4 is 5.73 Å². The summed E-state index contributed by atoms with van der Waals surface area (Å²) in [5.41, 5.74) is 3.43. The third-order valence-electron chi connectivity index (χ3n) is 8.90. The molecular formula is C30H35N3O7. The number of primary amides is 1.